The number of fused-ring (bicyclic) bond motifs is 1. The van der Waals surface area contributed by atoms with Crippen molar-refractivity contribution in [3.63, 3.8) is 0 Å². The van der Waals surface area contributed by atoms with Crippen LogP contribution in [-0.4, -0.2) is 28.5 Å². The first kappa shape index (κ1) is 21.5. The summed E-state index contributed by atoms with van der Waals surface area (Å²) in [5.74, 6) is -0.0512. The third kappa shape index (κ3) is 3.83. The molecule has 7 heteroatoms. The Morgan fingerprint density at radius 3 is 2.53 bits per heavy atom. The van der Waals surface area contributed by atoms with Gasteiger partial charge >= 0.3 is 0 Å². The number of aromatic nitrogens is 1. The van der Waals surface area contributed by atoms with Gasteiger partial charge < -0.3 is 21.0 Å². The molecule has 0 unspecified atom stereocenters. The second-order valence-electron chi connectivity index (χ2n) is 9.09. The predicted molar refractivity (Wildman–Crippen MR) is 130 cm³/mol. The van der Waals surface area contributed by atoms with Crippen LogP contribution in [0.2, 0.25) is 10.0 Å². The minimum Gasteiger partial charge on any atom is -0.506 e. The molecular formula is C25H25Cl2N3O2. The molecular weight excluding hydrogens is 445 g/mol. The summed E-state index contributed by atoms with van der Waals surface area (Å²) in [7, 11) is 0. The number of benzene rings is 2. The first-order valence-corrected chi connectivity index (χ1v) is 11.8. The highest BCUT2D eigenvalue weighted by atomic mass is 35.5. The molecule has 1 aromatic heterocycles. The quantitative estimate of drug-likeness (QED) is 0.409. The number of anilines is 1. The number of hydrogen-bond donors (Lipinski definition) is 3. The summed E-state index contributed by atoms with van der Waals surface area (Å²) in [5, 5.41) is 15.2. The van der Waals surface area contributed by atoms with E-state index < -0.39 is 5.41 Å². The fraction of sp³-hybridized carbons (Fsp3) is 0.360. The number of carbonyl (C=O) groups excluding carboxylic acids is 1. The molecule has 166 valence electrons. The Morgan fingerprint density at radius 1 is 1.09 bits per heavy atom. The fourth-order valence-corrected chi connectivity index (χ4v) is 5.13. The maximum atomic E-state index is 12.0. The molecule has 0 bridgehead atoms. The largest absolute Gasteiger partial charge is 0.506 e. The second-order valence-corrected chi connectivity index (χ2v) is 9.91. The number of carbonyl (C=O) groups is 1. The van der Waals surface area contributed by atoms with Crippen LogP contribution in [-0.2, 0) is 10.2 Å². The van der Waals surface area contributed by atoms with Crippen molar-refractivity contribution in [3.05, 3.63) is 52.1 Å². The number of hydrogen-bond acceptors (Lipinski definition) is 5. The summed E-state index contributed by atoms with van der Waals surface area (Å²) in [4.78, 5) is 16.7. The highest BCUT2D eigenvalue weighted by Gasteiger charge is 2.46. The Bertz CT molecular complexity index is 1200. The van der Waals surface area contributed by atoms with Crippen molar-refractivity contribution in [2.24, 2.45) is 5.73 Å². The van der Waals surface area contributed by atoms with Crippen molar-refractivity contribution in [2.45, 2.75) is 56.0 Å². The fourth-order valence-electron chi connectivity index (χ4n) is 4.70. The van der Waals surface area contributed by atoms with Gasteiger partial charge in [-0.15, -0.1) is 0 Å². The molecule has 5 nitrogen and oxygen atoms in total. The summed E-state index contributed by atoms with van der Waals surface area (Å²) in [6.45, 7) is 0. The second kappa shape index (κ2) is 8.22. The molecule has 32 heavy (non-hydrogen) atoms. The van der Waals surface area contributed by atoms with E-state index in [2.05, 4.69) is 10.3 Å². The zero-order valence-corrected chi connectivity index (χ0v) is 19.1. The van der Waals surface area contributed by atoms with E-state index in [1.54, 1.807) is 6.07 Å². The summed E-state index contributed by atoms with van der Waals surface area (Å²) in [5.41, 5.74) is 10.0. The molecule has 2 aromatic carbocycles. The van der Waals surface area contributed by atoms with E-state index in [0.29, 0.717) is 11.1 Å². The molecule has 2 aliphatic carbocycles. The van der Waals surface area contributed by atoms with Crippen LogP contribution in [0.25, 0.3) is 22.0 Å². The van der Waals surface area contributed by atoms with Crippen molar-refractivity contribution in [2.75, 3.05) is 5.32 Å². The van der Waals surface area contributed by atoms with Gasteiger partial charge in [-0.25, -0.2) is 0 Å². The van der Waals surface area contributed by atoms with Crippen molar-refractivity contribution < 1.29 is 9.90 Å². The Morgan fingerprint density at radius 2 is 1.84 bits per heavy atom. The van der Waals surface area contributed by atoms with Crippen molar-refractivity contribution in [1.82, 2.24) is 4.98 Å². The number of pyridine rings is 1. The number of nitrogens with one attached hydrogen (secondary N) is 1. The van der Waals surface area contributed by atoms with Gasteiger partial charge in [-0.3, -0.25) is 4.98 Å². The van der Waals surface area contributed by atoms with Gasteiger partial charge in [-0.2, -0.15) is 0 Å². The zero-order valence-electron chi connectivity index (χ0n) is 17.6. The SMILES string of the molecule is N[C@H]1CC[C@H](Nc2c(C3(C=O)CC3)cnc3ccc(-c4cc(Cl)c(O)cc4Cl)cc23)CC1. The van der Waals surface area contributed by atoms with E-state index in [-0.39, 0.29) is 16.8 Å². The molecule has 2 saturated carbocycles. The number of nitrogens with two attached hydrogens (primary N) is 1. The van der Waals surface area contributed by atoms with Crippen molar-refractivity contribution in [3.8, 4) is 16.9 Å². The monoisotopic (exact) mass is 469 g/mol. The highest BCUT2D eigenvalue weighted by Crippen LogP contribution is 2.50. The smallest absolute Gasteiger partial charge is 0.135 e. The van der Waals surface area contributed by atoms with Crippen LogP contribution in [0.5, 0.6) is 5.75 Å². The van der Waals surface area contributed by atoms with Crippen LogP contribution < -0.4 is 11.1 Å². The normalized spacial score (nSPS) is 22.0. The van der Waals surface area contributed by atoms with E-state index in [1.807, 2.05) is 24.4 Å². The van der Waals surface area contributed by atoms with Gasteiger partial charge in [-0.05, 0) is 62.3 Å². The lowest BCUT2D eigenvalue weighted by Crippen LogP contribution is -2.33. The van der Waals surface area contributed by atoms with Gasteiger partial charge in [0.2, 0.25) is 0 Å². The van der Waals surface area contributed by atoms with Crippen LogP contribution in [0.3, 0.4) is 0 Å². The Hall–Kier alpha value is -2.34. The zero-order chi connectivity index (χ0) is 22.5. The first-order chi connectivity index (χ1) is 15.4. The molecule has 3 aromatic rings. The first-order valence-electron chi connectivity index (χ1n) is 11.0. The minimum absolute atomic E-state index is 0.0512. The lowest BCUT2D eigenvalue weighted by Gasteiger charge is -2.29. The van der Waals surface area contributed by atoms with E-state index in [0.717, 1.165) is 78.1 Å². The highest BCUT2D eigenvalue weighted by molar-refractivity contribution is 6.36. The van der Waals surface area contributed by atoms with Crippen LogP contribution in [0, 0.1) is 0 Å². The average molecular weight is 470 g/mol. The van der Waals surface area contributed by atoms with Crippen LogP contribution in [0.15, 0.2) is 36.5 Å². The molecule has 0 aliphatic heterocycles. The number of phenols is 1. The molecule has 0 amide bonds. The Kier molecular flexibility index (Phi) is 5.52. The maximum absolute atomic E-state index is 12.0. The summed E-state index contributed by atoms with van der Waals surface area (Å²) < 4.78 is 0. The van der Waals surface area contributed by atoms with Gasteiger partial charge in [0.15, 0.2) is 0 Å². The van der Waals surface area contributed by atoms with Gasteiger partial charge in [0, 0.05) is 46.5 Å². The standard InChI is InChI=1S/C25H25Cl2N3O2/c26-20-11-23(32)21(27)10-17(20)14-1-6-22-18(9-14)24(30-16-4-2-15(28)3-5-16)19(12-29-22)25(13-31)7-8-25/h1,6,9-13,15-16,32H,2-5,7-8,28H2,(H,29,30)/t15-,16-. The van der Waals surface area contributed by atoms with Gasteiger partial charge in [0.05, 0.1) is 21.0 Å². The third-order valence-electron chi connectivity index (χ3n) is 6.89. The summed E-state index contributed by atoms with van der Waals surface area (Å²) in [6.07, 6.45) is 8.57. The lowest BCUT2D eigenvalue weighted by molar-refractivity contribution is -0.109. The van der Waals surface area contributed by atoms with Crippen LogP contribution in [0.4, 0.5) is 5.69 Å². The number of rotatable bonds is 5. The molecule has 5 rings (SSSR count). The molecule has 4 N–H and O–H groups in total. The minimum atomic E-state index is -0.454. The summed E-state index contributed by atoms with van der Waals surface area (Å²) in [6, 6.07) is 9.62. The van der Waals surface area contributed by atoms with E-state index in [9.17, 15) is 9.90 Å². The molecule has 1 heterocycles. The Balaban J connectivity index is 1.65. The molecule has 0 atom stereocenters. The van der Waals surface area contributed by atoms with Crippen molar-refractivity contribution >= 4 is 46.1 Å². The molecule has 0 radical (unpaired) electrons. The number of nitrogens with zero attached hydrogens (tertiary/aromatic N) is 1. The van der Waals surface area contributed by atoms with Gasteiger partial charge in [0.25, 0.3) is 0 Å². The van der Waals surface area contributed by atoms with E-state index in [1.165, 1.54) is 6.07 Å². The number of aromatic hydroxyl groups is 1. The number of halogens is 2. The van der Waals surface area contributed by atoms with E-state index >= 15 is 0 Å². The number of aldehydes is 1. The van der Waals surface area contributed by atoms with Crippen LogP contribution in [0.1, 0.15) is 44.1 Å². The molecule has 2 fully saturated rings. The molecule has 0 spiro atoms. The van der Waals surface area contributed by atoms with Gasteiger partial charge in [0.1, 0.15) is 12.0 Å². The number of phenolic OH excluding ortho intramolecular Hbond substituents is 1. The summed E-state index contributed by atoms with van der Waals surface area (Å²) >= 11 is 12.6. The topological polar surface area (TPSA) is 88.2 Å². The Labute approximate surface area is 196 Å². The average Bonchev–Trinajstić information content (AvgIpc) is 3.59. The molecule has 2 aliphatic rings. The maximum Gasteiger partial charge on any atom is 0.135 e. The van der Waals surface area contributed by atoms with Gasteiger partial charge in [-0.1, -0.05) is 29.3 Å². The van der Waals surface area contributed by atoms with Crippen LogP contribution >= 0.6 is 23.2 Å². The molecule has 0 saturated heterocycles. The predicted octanol–water partition coefficient (Wildman–Crippen LogP) is 5.83. The lowest BCUT2D eigenvalue weighted by atomic mass is 9.89. The van der Waals surface area contributed by atoms with Crippen molar-refractivity contribution in [1.29, 1.82) is 0 Å². The van der Waals surface area contributed by atoms with E-state index in [4.69, 9.17) is 28.9 Å². The third-order valence-corrected chi connectivity index (χ3v) is 7.50.